The molecule has 0 spiro atoms. The molecule has 3 rings (SSSR count). The van der Waals surface area contributed by atoms with Crippen molar-refractivity contribution in [2.24, 2.45) is 0 Å². The molecule has 2 heterocycles. The molecule has 3 aromatic rings. The number of benzene rings is 1. The van der Waals surface area contributed by atoms with E-state index in [0.29, 0.717) is 23.6 Å². The van der Waals surface area contributed by atoms with E-state index in [4.69, 9.17) is 4.52 Å². The van der Waals surface area contributed by atoms with Gasteiger partial charge in [0.1, 0.15) is 5.56 Å². The minimum atomic E-state index is -0.109. The molecule has 0 bridgehead atoms. The lowest BCUT2D eigenvalue weighted by molar-refractivity contribution is 0.0950. The summed E-state index contributed by atoms with van der Waals surface area (Å²) in [5.74, 6) is 0.674. The highest BCUT2D eigenvalue weighted by Crippen LogP contribution is 2.23. The van der Waals surface area contributed by atoms with Crippen LogP contribution in [-0.2, 0) is 6.42 Å². The first-order valence-electron chi connectivity index (χ1n) is 8.15. The van der Waals surface area contributed by atoms with Crippen LogP contribution >= 0.6 is 11.3 Å². The molecule has 5 nitrogen and oxygen atoms in total. The smallest absolute Gasteiger partial charge is 0.256 e. The topological polar surface area (TPSA) is 68.0 Å². The number of carbonyl (C=O) groups is 1. The number of amides is 1. The van der Waals surface area contributed by atoms with E-state index >= 15 is 0 Å². The standard InChI is InChI=1S/C18H21N3O2S/c1-11(2)17-16(12(3)21-23-17)18(22)19-10-6-9-15-20-13-7-4-5-8-14(13)24-15/h4-5,7-8,11H,6,9-10H2,1-3H3,(H,19,22). The SMILES string of the molecule is Cc1noc(C(C)C)c1C(=O)NCCCc1nc2ccccc2s1. The molecule has 1 amide bonds. The van der Waals surface area contributed by atoms with Gasteiger partial charge in [-0.2, -0.15) is 0 Å². The molecule has 1 N–H and O–H groups in total. The Labute approximate surface area is 145 Å². The number of para-hydroxylation sites is 1. The quantitative estimate of drug-likeness (QED) is 0.685. The Morgan fingerprint density at radius 1 is 1.33 bits per heavy atom. The number of fused-ring (bicyclic) bond motifs is 1. The third kappa shape index (κ3) is 3.48. The number of aryl methyl sites for hydroxylation is 2. The van der Waals surface area contributed by atoms with Crippen LogP contribution in [0.25, 0.3) is 10.2 Å². The van der Waals surface area contributed by atoms with Crippen LogP contribution in [0.4, 0.5) is 0 Å². The van der Waals surface area contributed by atoms with Gasteiger partial charge in [-0.25, -0.2) is 4.98 Å². The second kappa shape index (κ2) is 7.13. The van der Waals surface area contributed by atoms with Crippen molar-refractivity contribution < 1.29 is 9.32 Å². The highest BCUT2D eigenvalue weighted by molar-refractivity contribution is 7.18. The summed E-state index contributed by atoms with van der Waals surface area (Å²) in [4.78, 5) is 17.0. The van der Waals surface area contributed by atoms with E-state index in [1.165, 1.54) is 4.70 Å². The first-order valence-corrected chi connectivity index (χ1v) is 8.96. The summed E-state index contributed by atoms with van der Waals surface area (Å²) in [5.41, 5.74) is 2.26. The van der Waals surface area contributed by atoms with E-state index in [-0.39, 0.29) is 11.8 Å². The molecule has 0 aliphatic rings. The number of hydrogen-bond acceptors (Lipinski definition) is 5. The van der Waals surface area contributed by atoms with Crippen LogP contribution in [0.1, 0.15) is 53.0 Å². The number of nitrogens with zero attached hydrogens (tertiary/aromatic N) is 2. The van der Waals surface area contributed by atoms with Crippen molar-refractivity contribution in [1.29, 1.82) is 0 Å². The van der Waals surface area contributed by atoms with Gasteiger partial charge in [-0.3, -0.25) is 4.79 Å². The number of thiazole rings is 1. The summed E-state index contributed by atoms with van der Waals surface area (Å²) >= 11 is 1.71. The van der Waals surface area contributed by atoms with Gasteiger partial charge in [-0.1, -0.05) is 31.1 Å². The van der Waals surface area contributed by atoms with Crippen LogP contribution in [-0.4, -0.2) is 22.6 Å². The van der Waals surface area contributed by atoms with Gasteiger partial charge in [-0.05, 0) is 25.5 Å². The van der Waals surface area contributed by atoms with Crippen LogP contribution < -0.4 is 5.32 Å². The van der Waals surface area contributed by atoms with Gasteiger partial charge in [0, 0.05) is 18.9 Å². The van der Waals surface area contributed by atoms with Crippen molar-refractivity contribution in [3.05, 3.63) is 46.3 Å². The van der Waals surface area contributed by atoms with Gasteiger partial charge in [0.25, 0.3) is 5.91 Å². The lowest BCUT2D eigenvalue weighted by Gasteiger charge is -2.06. The van der Waals surface area contributed by atoms with Gasteiger partial charge in [0.15, 0.2) is 5.76 Å². The molecule has 0 radical (unpaired) electrons. The van der Waals surface area contributed by atoms with Gasteiger partial charge in [0.05, 0.1) is 20.9 Å². The second-order valence-electron chi connectivity index (χ2n) is 6.10. The van der Waals surface area contributed by atoms with E-state index in [1.807, 2.05) is 32.0 Å². The van der Waals surface area contributed by atoms with Crippen LogP contribution in [0.5, 0.6) is 0 Å². The van der Waals surface area contributed by atoms with E-state index in [2.05, 4.69) is 21.5 Å². The van der Waals surface area contributed by atoms with Crippen LogP contribution in [0.3, 0.4) is 0 Å². The predicted molar refractivity (Wildman–Crippen MR) is 95.6 cm³/mol. The average molecular weight is 343 g/mol. The lowest BCUT2D eigenvalue weighted by Crippen LogP contribution is -2.26. The highest BCUT2D eigenvalue weighted by Gasteiger charge is 2.22. The number of nitrogens with one attached hydrogen (secondary N) is 1. The number of carbonyl (C=O) groups excluding carboxylic acids is 1. The molecule has 126 valence electrons. The van der Waals surface area contributed by atoms with E-state index in [9.17, 15) is 4.79 Å². The number of rotatable bonds is 6. The Balaban J connectivity index is 1.55. The molecule has 0 saturated carbocycles. The maximum Gasteiger partial charge on any atom is 0.256 e. The molecule has 0 saturated heterocycles. The van der Waals surface area contributed by atoms with Crippen molar-refractivity contribution in [3.63, 3.8) is 0 Å². The summed E-state index contributed by atoms with van der Waals surface area (Å²) in [6.45, 7) is 6.38. The van der Waals surface area contributed by atoms with Gasteiger partial charge in [0.2, 0.25) is 0 Å². The van der Waals surface area contributed by atoms with Crippen molar-refractivity contribution in [1.82, 2.24) is 15.5 Å². The third-order valence-corrected chi connectivity index (χ3v) is 4.93. The second-order valence-corrected chi connectivity index (χ2v) is 7.21. The monoisotopic (exact) mass is 343 g/mol. The van der Waals surface area contributed by atoms with Crippen molar-refractivity contribution in [2.75, 3.05) is 6.54 Å². The molecule has 0 aliphatic carbocycles. The molecule has 6 heteroatoms. The van der Waals surface area contributed by atoms with Crippen LogP contribution in [0.15, 0.2) is 28.8 Å². The summed E-state index contributed by atoms with van der Waals surface area (Å²) < 4.78 is 6.47. The normalized spacial score (nSPS) is 11.3. The molecule has 24 heavy (non-hydrogen) atoms. The minimum absolute atomic E-state index is 0.109. The Hall–Kier alpha value is -2.21. The molecule has 0 fully saturated rings. The fraction of sp³-hybridized carbons (Fsp3) is 0.389. The van der Waals surface area contributed by atoms with Crippen molar-refractivity contribution >= 4 is 27.5 Å². The van der Waals surface area contributed by atoms with E-state index in [1.54, 1.807) is 18.3 Å². The Morgan fingerprint density at radius 3 is 2.88 bits per heavy atom. The summed E-state index contributed by atoms with van der Waals surface area (Å²) in [7, 11) is 0. The van der Waals surface area contributed by atoms with Crippen LogP contribution in [0.2, 0.25) is 0 Å². The average Bonchev–Trinajstić information content (AvgIpc) is 3.14. The summed E-state index contributed by atoms with van der Waals surface area (Å²) in [6, 6.07) is 8.14. The molecule has 1 aromatic carbocycles. The Morgan fingerprint density at radius 2 is 2.12 bits per heavy atom. The predicted octanol–water partition coefficient (Wildman–Crippen LogP) is 4.08. The number of aromatic nitrogens is 2. The van der Waals surface area contributed by atoms with Gasteiger partial charge < -0.3 is 9.84 Å². The molecule has 0 aliphatic heterocycles. The molecule has 0 atom stereocenters. The highest BCUT2D eigenvalue weighted by atomic mass is 32.1. The lowest BCUT2D eigenvalue weighted by atomic mass is 10.0. The van der Waals surface area contributed by atoms with Crippen molar-refractivity contribution in [2.45, 2.75) is 39.5 Å². The minimum Gasteiger partial charge on any atom is -0.360 e. The molecular formula is C18H21N3O2S. The summed E-state index contributed by atoms with van der Waals surface area (Å²) in [5, 5.41) is 7.98. The Kier molecular flexibility index (Phi) is 4.94. The number of hydrogen-bond donors (Lipinski definition) is 1. The summed E-state index contributed by atoms with van der Waals surface area (Å²) in [6.07, 6.45) is 1.71. The molecule has 2 aromatic heterocycles. The van der Waals surface area contributed by atoms with Crippen molar-refractivity contribution in [3.8, 4) is 0 Å². The Bertz CT molecular complexity index is 818. The first kappa shape index (κ1) is 16.6. The van der Waals surface area contributed by atoms with Crippen LogP contribution in [0, 0.1) is 6.92 Å². The fourth-order valence-electron chi connectivity index (χ4n) is 2.61. The molecule has 0 unspecified atom stereocenters. The zero-order valence-electron chi connectivity index (χ0n) is 14.1. The first-order chi connectivity index (χ1) is 11.6. The fourth-order valence-corrected chi connectivity index (χ4v) is 3.62. The zero-order valence-corrected chi connectivity index (χ0v) is 14.9. The maximum atomic E-state index is 12.4. The third-order valence-electron chi connectivity index (χ3n) is 3.83. The zero-order chi connectivity index (χ0) is 17.1. The van der Waals surface area contributed by atoms with Gasteiger partial charge >= 0.3 is 0 Å². The largest absolute Gasteiger partial charge is 0.360 e. The van der Waals surface area contributed by atoms with E-state index in [0.717, 1.165) is 23.4 Å². The van der Waals surface area contributed by atoms with Gasteiger partial charge in [-0.15, -0.1) is 11.3 Å². The van der Waals surface area contributed by atoms with E-state index < -0.39 is 0 Å². The maximum absolute atomic E-state index is 12.4. The molecular weight excluding hydrogens is 322 g/mol.